The van der Waals surface area contributed by atoms with E-state index >= 15 is 0 Å². The highest BCUT2D eigenvalue weighted by Gasteiger charge is 2.23. The molecular formula is C17H26ClN3O4. The molecule has 2 rings (SSSR count). The molecule has 0 radical (unpaired) electrons. The average Bonchev–Trinajstić information content (AvgIpc) is 3.35. The van der Waals surface area contributed by atoms with Crippen LogP contribution in [-0.4, -0.2) is 37.6 Å². The third-order valence-electron chi connectivity index (χ3n) is 3.58. The fourth-order valence-corrected chi connectivity index (χ4v) is 2.09. The second kappa shape index (κ2) is 10.1. The standard InChI is InChI=1S/C17H25N3O4.ClH/c1-11(18)3-8-16(21)20-13-6-7-14(23-2)15(9-13)24-10-17(22)19-12-4-5-12;/h6-7,9,11-12H,3-5,8,10,18H2,1-2H3,(H,19,22)(H,20,21);1H. The van der Waals surface area contributed by atoms with E-state index in [1.54, 1.807) is 18.2 Å². The quantitative estimate of drug-likeness (QED) is 0.614. The van der Waals surface area contributed by atoms with Crippen molar-refractivity contribution in [3.05, 3.63) is 18.2 Å². The van der Waals surface area contributed by atoms with Gasteiger partial charge in [0, 0.05) is 30.3 Å². The number of nitrogens with one attached hydrogen (secondary N) is 2. The smallest absolute Gasteiger partial charge is 0.258 e. The predicted octanol–water partition coefficient (Wildman–Crippen LogP) is 1.84. The molecule has 1 aliphatic rings. The summed E-state index contributed by atoms with van der Waals surface area (Å²) < 4.78 is 10.8. The normalized spacial score (nSPS) is 14.0. The number of methoxy groups -OCH3 is 1. The van der Waals surface area contributed by atoms with E-state index in [1.807, 2.05) is 6.92 Å². The maximum atomic E-state index is 11.9. The number of rotatable bonds is 9. The monoisotopic (exact) mass is 371 g/mol. The highest BCUT2D eigenvalue weighted by Crippen LogP contribution is 2.30. The molecule has 1 aliphatic carbocycles. The second-order valence-electron chi connectivity index (χ2n) is 6.06. The number of carbonyl (C=O) groups excluding carboxylic acids is 2. The number of benzene rings is 1. The number of amides is 2. The van der Waals surface area contributed by atoms with Gasteiger partial charge >= 0.3 is 0 Å². The third kappa shape index (κ3) is 7.62. The molecule has 0 aliphatic heterocycles. The number of carbonyl (C=O) groups is 2. The summed E-state index contributed by atoms with van der Waals surface area (Å²) in [5.41, 5.74) is 6.23. The van der Waals surface area contributed by atoms with Crippen molar-refractivity contribution in [1.29, 1.82) is 0 Å². The highest BCUT2D eigenvalue weighted by molar-refractivity contribution is 5.91. The first-order valence-electron chi connectivity index (χ1n) is 8.13. The van der Waals surface area contributed by atoms with E-state index < -0.39 is 0 Å². The predicted molar refractivity (Wildman–Crippen MR) is 98.4 cm³/mol. The Kier molecular flexibility index (Phi) is 8.51. The number of hydrogen-bond acceptors (Lipinski definition) is 5. The summed E-state index contributed by atoms with van der Waals surface area (Å²) in [6.07, 6.45) is 3.02. The Bertz CT molecular complexity index is 591. The molecule has 0 spiro atoms. The maximum Gasteiger partial charge on any atom is 0.258 e. The van der Waals surface area contributed by atoms with E-state index in [-0.39, 0.29) is 36.9 Å². The van der Waals surface area contributed by atoms with Gasteiger partial charge in [0.05, 0.1) is 7.11 Å². The van der Waals surface area contributed by atoms with E-state index in [2.05, 4.69) is 10.6 Å². The van der Waals surface area contributed by atoms with Gasteiger partial charge in [-0.05, 0) is 38.3 Å². The van der Waals surface area contributed by atoms with Gasteiger partial charge in [0.1, 0.15) is 0 Å². The molecule has 140 valence electrons. The number of ether oxygens (including phenoxy) is 2. The van der Waals surface area contributed by atoms with Crippen LogP contribution in [0.15, 0.2) is 18.2 Å². The lowest BCUT2D eigenvalue weighted by molar-refractivity contribution is -0.123. The van der Waals surface area contributed by atoms with Crippen molar-refractivity contribution in [1.82, 2.24) is 5.32 Å². The molecule has 7 nitrogen and oxygen atoms in total. The fourth-order valence-electron chi connectivity index (χ4n) is 2.09. The Morgan fingerprint density at radius 3 is 2.60 bits per heavy atom. The van der Waals surface area contributed by atoms with Crippen LogP contribution in [0.25, 0.3) is 0 Å². The molecular weight excluding hydrogens is 346 g/mol. The van der Waals surface area contributed by atoms with Crippen molar-refractivity contribution in [3.8, 4) is 11.5 Å². The maximum absolute atomic E-state index is 11.9. The van der Waals surface area contributed by atoms with Crippen LogP contribution in [0.2, 0.25) is 0 Å². The summed E-state index contributed by atoms with van der Waals surface area (Å²) >= 11 is 0. The molecule has 1 aromatic carbocycles. The second-order valence-corrected chi connectivity index (χ2v) is 6.06. The van der Waals surface area contributed by atoms with Crippen LogP contribution >= 0.6 is 12.4 Å². The largest absolute Gasteiger partial charge is 0.493 e. The number of nitrogens with two attached hydrogens (primary N) is 1. The summed E-state index contributed by atoms with van der Waals surface area (Å²) in [5, 5.41) is 5.64. The molecule has 1 aromatic rings. The van der Waals surface area contributed by atoms with Crippen molar-refractivity contribution < 1.29 is 19.1 Å². The molecule has 1 atom stereocenters. The molecule has 1 fully saturated rings. The van der Waals surface area contributed by atoms with Crippen LogP contribution < -0.4 is 25.8 Å². The lowest BCUT2D eigenvalue weighted by Gasteiger charge is -2.13. The van der Waals surface area contributed by atoms with Gasteiger partial charge < -0.3 is 25.8 Å². The Hall–Kier alpha value is -1.99. The topological polar surface area (TPSA) is 103 Å². The van der Waals surface area contributed by atoms with Crippen molar-refractivity contribution >= 4 is 29.9 Å². The highest BCUT2D eigenvalue weighted by atomic mass is 35.5. The first-order chi connectivity index (χ1) is 11.5. The lowest BCUT2D eigenvalue weighted by atomic mass is 10.2. The molecule has 0 bridgehead atoms. The van der Waals surface area contributed by atoms with Gasteiger partial charge in [0.2, 0.25) is 5.91 Å². The van der Waals surface area contributed by atoms with Gasteiger partial charge in [-0.3, -0.25) is 9.59 Å². The van der Waals surface area contributed by atoms with Gasteiger partial charge in [0.25, 0.3) is 5.91 Å². The summed E-state index contributed by atoms with van der Waals surface area (Å²) in [6.45, 7) is 1.77. The molecule has 0 aromatic heterocycles. The van der Waals surface area contributed by atoms with Crippen LogP contribution in [0.4, 0.5) is 5.69 Å². The molecule has 8 heteroatoms. The Balaban J connectivity index is 0.00000312. The van der Waals surface area contributed by atoms with Gasteiger partial charge in [-0.15, -0.1) is 12.4 Å². The van der Waals surface area contributed by atoms with Crippen molar-refractivity contribution in [2.24, 2.45) is 5.73 Å². The average molecular weight is 372 g/mol. The zero-order valence-electron chi connectivity index (χ0n) is 14.5. The SMILES string of the molecule is COc1ccc(NC(=O)CCC(C)N)cc1OCC(=O)NC1CC1.Cl. The van der Waals surface area contributed by atoms with Crippen molar-refractivity contribution in [2.45, 2.75) is 44.7 Å². The molecule has 4 N–H and O–H groups in total. The van der Waals surface area contributed by atoms with Gasteiger partial charge in [-0.2, -0.15) is 0 Å². The third-order valence-corrected chi connectivity index (χ3v) is 3.58. The van der Waals surface area contributed by atoms with Crippen LogP contribution in [-0.2, 0) is 9.59 Å². The van der Waals surface area contributed by atoms with Gasteiger partial charge in [-0.1, -0.05) is 0 Å². The Morgan fingerprint density at radius 2 is 2.00 bits per heavy atom. The lowest BCUT2D eigenvalue weighted by Crippen LogP contribution is -2.30. The fraction of sp³-hybridized carbons (Fsp3) is 0.529. The van der Waals surface area contributed by atoms with Gasteiger partial charge in [-0.25, -0.2) is 0 Å². The summed E-state index contributed by atoms with van der Waals surface area (Å²) in [7, 11) is 1.52. The minimum absolute atomic E-state index is 0. The van der Waals surface area contributed by atoms with E-state index in [4.69, 9.17) is 15.2 Å². The zero-order valence-corrected chi connectivity index (χ0v) is 15.4. The van der Waals surface area contributed by atoms with E-state index in [0.29, 0.717) is 36.1 Å². The first kappa shape index (κ1) is 21.1. The van der Waals surface area contributed by atoms with Gasteiger partial charge in [0.15, 0.2) is 18.1 Å². The van der Waals surface area contributed by atoms with Crippen molar-refractivity contribution in [3.63, 3.8) is 0 Å². The zero-order chi connectivity index (χ0) is 17.5. The number of anilines is 1. The van der Waals surface area contributed by atoms with Crippen molar-refractivity contribution in [2.75, 3.05) is 19.0 Å². The number of halogens is 1. The summed E-state index contributed by atoms with van der Waals surface area (Å²) in [5.74, 6) is 0.636. The number of hydrogen-bond donors (Lipinski definition) is 3. The van der Waals surface area contributed by atoms with Crippen LogP contribution in [0.5, 0.6) is 11.5 Å². The van der Waals surface area contributed by atoms with E-state index in [0.717, 1.165) is 12.8 Å². The molecule has 0 heterocycles. The van der Waals surface area contributed by atoms with E-state index in [1.165, 1.54) is 7.11 Å². The molecule has 0 saturated heterocycles. The molecule has 2 amide bonds. The van der Waals surface area contributed by atoms with Crippen LogP contribution in [0, 0.1) is 0 Å². The van der Waals surface area contributed by atoms with E-state index in [9.17, 15) is 9.59 Å². The summed E-state index contributed by atoms with van der Waals surface area (Å²) in [6, 6.07) is 5.33. The molecule has 1 unspecified atom stereocenters. The van der Waals surface area contributed by atoms with Crippen LogP contribution in [0.1, 0.15) is 32.6 Å². The minimum Gasteiger partial charge on any atom is -0.493 e. The first-order valence-corrected chi connectivity index (χ1v) is 8.13. The summed E-state index contributed by atoms with van der Waals surface area (Å²) in [4.78, 5) is 23.6. The molecule has 25 heavy (non-hydrogen) atoms. The Labute approximate surface area is 154 Å². The van der Waals surface area contributed by atoms with Crippen LogP contribution in [0.3, 0.4) is 0 Å². The Morgan fingerprint density at radius 1 is 1.28 bits per heavy atom. The minimum atomic E-state index is -0.161. The molecule has 1 saturated carbocycles.